The van der Waals surface area contributed by atoms with Gasteiger partial charge < -0.3 is 14.8 Å². The van der Waals surface area contributed by atoms with E-state index in [4.69, 9.17) is 14.7 Å². The van der Waals surface area contributed by atoms with E-state index in [-0.39, 0.29) is 41.4 Å². The summed E-state index contributed by atoms with van der Waals surface area (Å²) < 4.78 is 9.95. The monoisotopic (exact) mass is 388 g/mol. The van der Waals surface area contributed by atoms with Crippen molar-refractivity contribution < 1.29 is 24.1 Å². The van der Waals surface area contributed by atoms with Crippen LogP contribution in [0.5, 0.6) is 0 Å². The number of rotatable bonds is 6. The molecule has 2 rings (SSSR count). The standard InChI is InChI=1S/C17H16N4O7/c1-10-15(21(25)26)14(12-5-3-6-13(9-12)20(23)24)16(11(2)19-10)28-17(22)27-8-4-7-18/h3,5-6,9,14,19H,4,8H2,1-2H3. The SMILES string of the molecule is CC1=C(OC(=O)OCCC#N)C(c2cccc([N+](=O)[O-])c2)C([N+](=O)[O-])=C(C)N1. The van der Waals surface area contributed by atoms with Crippen molar-refractivity contribution >= 4 is 11.8 Å². The molecule has 0 bridgehead atoms. The molecular formula is C17H16N4O7. The number of allylic oxidation sites excluding steroid dienone is 2. The minimum atomic E-state index is -1.17. The number of nitrogens with one attached hydrogen (secondary N) is 1. The number of carbonyl (C=O) groups excluding carboxylic acids is 1. The first kappa shape index (κ1) is 20.4. The molecule has 146 valence electrons. The largest absolute Gasteiger partial charge is 0.513 e. The van der Waals surface area contributed by atoms with Crippen LogP contribution < -0.4 is 5.32 Å². The van der Waals surface area contributed by atoms with E-state index in [2.05, 4.69) is 5.32 Å². The van der Waals surface area contributed by atoms with Crippen LogP contribution in [-0.4, -0.2) is 22.6 Å². The van der Waals surface area contributed by atoms with Gasteiger partial charge in [-0.05, 0) is 19.4 Å². The smallest absolute Gasteiger partial charge is 0.433 e. The van der Waals surface area contributed by atoms with Crippen molar-refractivity contribution in [3.05, 3.63) is 72.9 Å². The molecule has 0 spiro atoms. The summed E-state index contributed by atoms with van der Waals surface area (Å²) in [7, 11) is 0. The zero-order valence-electron chi connectivity index (χ0n) is 15.0. The van der Waals surface area contributed by atoms with Crippen molar-refractivity contribution in [1.29, 1.82) is 5.26 Å². The first-order chi connectivity index (χ1) is 13.3. The lowest BCUT2D eigenvalue weighted by Crippen LogP contribution is -2.30. The van der Waals surface area contributed by atoms with Gasteiger partial charge in [0, 0.05) is 12.1 Å². The molecule has 1 N–H and O–H groups in total. The Morgan fingerprint density at radius 2 is 1.96 bits per heavy atom. The van der Waals surface area contributed by atoms with Crippen LogP contribution in [0.3, 0.4) is 0 Å². The van der Waals surface area contributed by atoms with Gasteiger partial charge in [0.05, 0.1) is 33.7 Å². The van der Waals surface area contributed by atoms with Gasteiger partial charge in [0.1, 0.15) is 18.3 Å². The number of hydrogen-bond donors (Lipinski definition) is 1. The third-order valence-electron chi connectivity index (χ3n) is 3.90. The lowest BCUT2D eigenvalue weighted by Gasteiger charge is -2.26. The number of carbonyl (C=O) groups is 1. The number of nitro groups is 2. The van der Waals surface area contributed by atoms with Crippen LogP contribution in [-0.2, 0) is 9.47 Å². The Labute approximate surface area is 159 Å². The third-order valence-corrected chi connectivity index (χ3v) is 3.90. The van der Waals surface area contributed by atoms with Crippen molar-refractivity contribution in [2.45, 2.75) is 26.2 Å². The van der Waals surface area contributed by atoms with Crippen molar-refractivity contribution in [3.63, 3.8) is 0 Å². The molecule has 11 nitrogen and oxygen atoms in total. The Bertz CT molecular complexity index is 930. The van der Waals surface area contributed by atoms with Crippen LogP contribution in [0, 0.1) is 31.6 Å². The van der Waals surface area contributed by atoms with Gasteiger partial charge in [0.25, 0.3) is 11.4 Å². The zero-order valence-corrected chi connectivity index (χ0v) is 15.0. The van der Waals surface area contributed by atoms with Crippen LogP contribution in [0.1, 0.15) is 31.7 Å². The number of ether oxygens (including phenoxy) is 2. The predicted octanol–water partition coefficient (Wildman–Crippen LogP) is 3.09. The maximum atomic E-state index is 11.9. The number of nitrogens with zero attached hydrogens (tertiary/aromatic N) is 3. The summed E-state index contributed by atoms with van der Waals surface area (Å²) in [5, 5.41) is 34.0. The van der Waals surface area contributed by atoms with Gasteiger partial charge in [0.15, 0.2) is 0 Å². The molecular weight excluding hydrogens is 372 g/mol. The van der Waals surface area contributed by atoms with Crippen LogP contribution in [0.2, 0.25) is 0 Å². The predicted molar refractivity (Wildman–Crippen MR) is 94.0 cm³/mol. The highest BCUT2D eigenvalue weighted by Gasteiger charge is 2.40. The average molecular weight is 388 g/mol. The quantitative estimate of drug-likeness (QED) is 0.334. The molecule has 1 aromatic rings. The first-order valence-electron chi connectivity index (χ1n) is 8.05. The molecule has 1 heterocycles. The lowest BCUT2D eigenvalue weighted by atomic mass is 9.89. The maximum Gasteiger partial charge on any atom is 0.513 e. The summed E-state index contributed by atoms with van der Waals surface area (Å²) in [4.78, 5) is 33.4. The zero-order chi connectivity index (χ0) is 20.8. The molecule has 0 saturated heterocycles. The highest BCUT2D eigenvalue weighted by molar-refractivity contribution is 5.63. The van der Waals surface area contributed by atoms with Crippen LogP contribution >= 0.6 is 0 Å². The Morgan fingerprint density at radius 3 is 2.57 bits per heavy atom. The molecule has 11 heteroatoms. The van der Waals surface area contributed by atoms with Crippen LogP contribution in [0.4, 0.5) is 10.5 Å². The molecule has 0 radical (unpaired) electrons. The van der Waals surface area contributed by atoms with Crippen molar-refractivity contribution in [2.75, 3.05) is 6.61 Å². The number of nitro benzene ring substituents is 1. The number of dihydropyridines is 1. The van der Waals surface area contributed by atoms with Gasteiger partial charge in [-0.2, -0.15) is 5.26 Å². The molecule has 0 aromatic heterocycles. The molecule has 0 saturated carbocycles. The number of non-ortho nitro benzene ring substituents is 1. The summed E-state index contributed by atoms with van der Waals surface area (Å²) >= 11 is 0. The molecule has 0 aliphatic carbocycles. The molecule has 28 heavy (non-hydrogen) atoms. The molecule has 1 aliphatic rings. The van der Waals surface area contributed by atoms with E-state index in [1.165, 1.54) is 31.2 Å². The maximum absolute atomic E-state index is 11.9. The second kappa shape index (κ2) is 8.63. The molecule has 0 fully saturated rings. The second-order valence-electron chi connectivity index (χ2n) is 5.78. The summed E-state index contributed by atoms with van der Waals surface area (Å²) in [5.74, 6) is -1.28. The van der Waals surface area contributed by atoms with E-state index in [9.17, 15) is 25.0 Å². The normalized spacial score (nSPS) is 16.1. The summed E-state index contributed by atoms with van der Waals surface area (Å²) in [5.41, 5.74) is 0.165. The topological polar surface area (TPSA) is 158 Å². The molecule has 1 unspecified atom stereocenters. The highest BCUT2D eigenvalue weighted by Crippen LogP contribution is 2.39. The fourth-order valence-corrected chi connectivity index (χ4v) is 2.77. The number of nitriles is 1. The van der Waals surface area contributed by atoms with E-state index in [0.29, 0.717) is 5.70 Å². The van der Waals surface area contributed by atoms with Crippen molar-refractivity contribution in [2.24, 2.45) is 0 Å². The summed E-state index contributed by atoms with van der Waals surface area (Å²) in [6.07, 6.45) is -1.18. The van der Waals surface area contributed by atoms with Crippen LogP contribution in [0.15, 0.2) is 47.1 Å². The fraction of sp³-hybridized carbons (Fsp3) is 0.294. The van der Waals surface area contributed by atoms with Crippen molar-refractivity contribution in [3.8, 4) is 6.07 Å². The molecule has 1 aliphatic heterocycles. The number of hydrogen-bond acceptors (Lipinski definition) is 9. The molecule has 0 amide bonds. The first-order valence-corrected chi connectivity index (χ1v) is 8.05. The molecule has 1 aromatic carbocycles. The van der Waals surface area contributed by atoms with E-state index in [1.807, 2.05) is 0 Å². The van der Waals surface area contributed by atoms with Gasteiger partial charge in [-0.1, -0.05) is 12.1 Å². The minimum absolute atomic E-state index is 0.0428. The number of benzene rings is 1. The third kappa shape index (κ3) is 4.42. The Balaban J connectivity index is 2.49. The Morgan fingerprint density at radius 1 is 1.25 bits per heavy atom. The molecule has 1 atom stereocenters. The van der Waals surface area contributed by atoms with E-state index in [0.717, 1.165) is 0 Å². The lowest BCUT2D eigenvalue weighted by molar-refractivity contribution is -0.431. The van der Waals surface area contributed by atoms with Crippen LogP contribution in [0.25, 0.3) is 0 Å². The average Bonchev–Trinajstić information content (AvgIpc) is 2.63. The Kier molecular flexibility index (Phi) is 6.28. The van der Waals surface area contributed by atoms with Crippen molar-refractivity contribution in [1.82, 2.24) is 5.32 Å². The van der Waals surface area contributed by atoms with Gasteiger partial charge in [-0.15, -0.1) is 0 Å². The highest BCUT2D eigenvalue weighted by atomic mass is 16.7. The van der Waals surface area contributed by atoms with E-state index >= 15 is 0 Å². The minimum Gasteiger partial charge on any atom is -0.433 e. The second-order valence-corrected chi connectivity index (χ2v) is 5.78. The van der Waals surface area contributed by atoms with E-state index < -0.39 is 21.9 Å². The Hall–Kier alpha value is -3.94. The summed E-state index contributed by atoms with van der Waals surface area (Å²) in [6, 6.07) is 7.09. The fourth-order valence-electron chi connectivity index (χ4n) is 2.77. The van der Waals surface area contributed by atoms with Gasteiger partial charge in [0.2, 0.25) is 0 Å². The van der Waals surface area contributed by atoms with E-state index in [1.54, 1.807) is 13.0 Å². The van der Waals surface area contributed by atoms with Gasteiger partial charge in [-0.3, -0.25) is 20.2 Å². The van der Waals surface area contributed by atoms with Gasteiger partial charge in [-0.25, -0.2) is 4.79 Å². The van der Waals surface area contributed by atoms with Gasteiger partial charge >= 0.3 is 6.16 Å². The summed E-state index contributed by atoms with van der Waals surface area (Å²) in [6.45, 7) is 2.82.